The van der Waals surface area contributed by atoms with E-state index >= 15 is 0 Å². The summed E-state index contributed by atoms with van der Waals surface area (Å²) in [4.78, 5) is 38.2. The molecule has 0 spiro atoms. The second-order valence-electron chi connectivity index (χ2n) is 2.82. The molecule has 0 heterocycles. The average molecular weight is 212 g/mol. The number of rotatable bonds is 7. The van der Waals surface area contributed by atoms with Crippen LogP contribution in [0, 0.1) is 0 Å². The molecule has 0 saturated carbocycles. The quantitative estimate of drug-likeness (QED) is 0.207. The molecule has 1 unspecified atom stereocenters. The van der Waals surface area contributed by atoms with E-state index in [0.29, 0.717) is 6.42 Å². The van der Waals surface area contributed by atoms with Crippen molar-refractivity contribution in [1.82, 2.24) is 0 Å². The van der Waals surface area contributed by atoms with E-state index in [0.717, 1.165) is 25.3 Å². The highest BCUT2D eigenvalue weighted by atomic mass is 16.7. The Morgan fingerprint density at radius 1 is 1.33 bits per heavy atom. The number of unbranched alkanes of at least 4 members (excludes halogenated alkanes) is 2. The maximum Gasteiger partial charge on any atom is 0.361 e. The molecule has 0 aliphatic heterocycles. The predicted octanol–water partition coefficient (Wildman–Crippen LogP) is 1.07. The first-order valence-corrected chi connectivity index (χ1v) is 4.61. The highest BCUT2D eigenvalue weighted by molar-refractivity contribution is 5.76. The minimum Gasteiger partial charge on any atom is -0.304 e. The van der Waals surface area contributed by atoms with E-state index in [1.54, 1.807) is 0 Å². The number of hydrogen-bond donors (Lipinski definition) is 0. The minimum absolute atomic E-state index is 0.385. The van der Waals surface area contributed by atoms with Gasteiger partial charge in [-0.1, -0.05) is 26.2 Å². The standard InChI is InChI=1S/C9H12N2O4/c1-2-3-4-5-8(10-6-12)9(14)15-11-7-13/h8H,2-5H2,1H3. The van der Waals surface area contributed by atoms with Gasteiger partial charge in [-0.15, -0.1) is 0 Å². The Labute approximate surface area is 87.0 Å². The molecular formula is C9H12N2O4. The zero-order chi connectivity index (χ0) is 11.5. The van der Waals surface area contributed by atoms with Crippen molar-refractivity contribution < 1.29 is 19.2 Å². The summed E-state index contributed by atoms with van der Waals surface area (Å²) in [6, 6.07) is -0.925. The molecule has 0 aromatic carbocycles. The van der Waals surface area contributed by atoms with Crippen molar-refractivity contribution in [3.05, 3.63) is 0 Å². The molecule has 0 amide bonds. The Morgan fingerprint density at radius 3 is 2.60 bits per heavy atom. The van der Waals surface area contributed by atoms with Gasteiger partial charge in [-0.05, 0) is 6.42 Å². The Hall–Kier alpha value is -1.77. The van der Waals surface area contributed by atoms with Gasteiger partial charge in [-0.3, -0.25) is 0 Å². The number of carbonyl (C=O) groups excluding carboxylic acids is 3. The summed E-state index contributed by atoms with van der Waals surface area (Å²) in [5, 5.41) is 2.66. The molecule has 15 heavy (non-hydrogen) atoms. The molecule has 0 aromatic heterocycles. The topological polar surface area (TPSA) is 85.2 Å². The van der Waals surface area contributed by atoms with Crippen LogP contribution >= 0.6 is 0 Å². The monoisotopic (exact) mass is 212 g/mol. The van der Waals surface area contributed by atoms with Gasteiger partial charge in [0.15, 0.2) is 6.04 Å². The molecule has 0 N–H and O–H groups in total. The van der Waals surface area contributed by atoms with Crippen molar-refractivity contribution in [2.24, 2.45) is 10.1 Å². The molecule has 0 saturated heterocycles. The van der Waals surface area contributed by atoms with E-state index in [1.807, 2.05) is 6.92 Å². The van der Waals surface area contributed by atoms with Gasteiger partial charge in [0.25, 0.3) is 6.08 Å². The minimum atomic E-state index is -0.925. The van der Waals surface area contributed by atoms with Crippen LogP contribution in [0.25, 0.3) is 0 Å². The van der Waals surface area contributed by atoms with Gasteiger partial charge in [0.2, 0.25) is 6.08 Å². The number of nitrogens with zero attached hydrogens (tertiary/aromatic N) is 2. The smallest absolute Gasteiger partial charge is 0.304 e. The molecule has 82 valence electrons. The Balaban J connectivity index is 4.18. The average Bonchev–Trinajstić information content (AvgIpc) is 2.25. The van der Waals surface area contributed by atoms with Crippen LogP contribution in [-0.2, 0) is 19.2 Å². The second-order valence-corrected chi connectivity index (χ2v) is 2.82. The van der Waals surface area contributed by atoms with Crippen LogP contribution in [0.5, 0.6) is 0 Å². The maximum absolute atomic E-state index is 11.1. The lowest BCUT2D eigenvalue weighted by atomic mass is 10.1. The summed E-state index contributed by atoms with van der Waals surface area (Å²) in [7, 11) is 0. The van der Waals surface area contributed by atoms with Crippen molar-refractivity contribution in [2.75, 3.05) is 0 Å². The van der Waals surface area contributed by atoms with E-state index in [2.05, 4.69) is 15.0 Å². The van der Waals surface area contributed by atoms with Crippen LogP contribution in [0.2, 0.25) is 0 Å². The number of isocyanates is 2. The number of hydrogen-bond acceptors (Lipinski definition) is 6. The molecule has 1 atom stereocenters. The van der Waals surface area contributed by atoms with Gasteiger partial charge in [0.05, 0.1) is 0 Å². The fourth-order valence-corrected chi connectivity index (χ4v) is 1.01. The van der Waals surface area contributed by atoms with Crippen LogP contribution in [0.1, 0.15) is 32.6 Å². The van der Waals surface area contributed by atoms with E-state index < -0.39 is 12.0 Å². The lowest BCUT2D eigenvalue weighted by Gasteiger charge is -2.05. The molecular weight excluding hydrogens is 200 g/mol. The molecule has 0 rings (SSSR count). The fourth-order valence-electron chi connectivity index (χ4n) is 1.01. The predicted molar refractivity (Wildman–Crippen MR) is 50.3 cm³/mol. The van der Waals surface area contributed by atoms with Crippen molar-refractivity contribution in [3.8, 4) is 0 Å². The molecule has 6 heteroatoms. The van der Waals surface area contributed by atoms with Crippen LogP contribution in [0.4, 0.5) is 0 Å². The van der Waals surface area contributed by atoms with Gasteiger partial charge in [-0.2, -0.15) is 4.99 Å². The summed E-state index contributed by atoms with van der Waals surface area (Å²) in [5.74, 6) is -0.835. The van der Waals surface area contributed by atoms with Crippen LogP contribution < -0.4 is 0 Å². The molecule has 0 radical (unpaired) electrons. The summed E-state index contributed by atoms with van der Waals surface area (Å²) < 4.78 is 0. The highest BCUT2D eigenvalue weighted by Gasteiger charge is 2.19. The van der Waals surface area contributed by atoms with E-state index in [1.165, 1.54) is 6.08 Å². The lowest BCUT2D eigenvalue weighted by Crippen LogP contribution is -2.19. The lowest BCUT2D eigenvalue weighted by molar-refractivity contribution is -0.145. The number of aliphatic imine (C=N–C) groups is 1. The Kier molecular flexibility index (Phi) is 7.77. The van der Waals surface area contributed by atoms with Crippen molar-refractivity contribution in [1.29, 1.82) is 0 Å². The first-order chi connectivity index (χ1) is 7.26. The summed E-state index contributed by atoms with van der Waals surface area (Å²) in [6.07, 6.45) is 5.38. The van der Waals surface area contributed by atoms with Gasteiger partial charge < -0.3 is 4.84 Å². The third-order valence-corrected chi connectivity index (χ3v) is 1.73. The third kappa shape index (κ3) is 6.32. The maximum atomic E-state index is 11.1. The van der Waals surface area contributed by atoms with Crippen molar-refractivity contribution in [3.63, 3.8) is 0 Å². The van der Waals surface area contributed by atoms with Gasteiger partial charge >= 0.3 is 5.97 Å². The van der Waals surface area contributed by atoms with Gasteiger partial charge in [0, 0.05) is 5.16 Å². The van der Waals surface area contributed by atoms with Crippen molar-refractivity contribution in [2.45, 2.75) is 38.6 Å². The van der Waals surface area contributed by atoms with Gasteiger partial charge in [-0.25, -0.2) is 14.4 Å². The first-order valence-electron chi connectivity index (χ1n) is 4.61. The molecule has 0 aliphatic carbocycles. The molecule has 0 aromatic rings. The van der Waals surface area contributed by atoms with E-state index in [-0.39, 0.29) is 0 Å². The van der Waals surface area contributed by atoms with Crippen LogP contribution in [0.15, 0.2) is 10.1 Å². The van der Waals surface area contributed by atoms with E-state index in [9.17, 15) is 14.4 Å². The second kappa shape index (κ2) is 8.81. The molecule has 6 nitrogen and oxygen atoms in total. The fraction of sp³-hybridized carbons (Fsp3) is 0.667. The first kappa shape index (κ1) is 13.2. The summed E-state index contributed by atoms with van der Waals surface area (Å²) >= 11 is 0. The molecule has 0 aliphatic rings. The van der Waals surface area contributed by atoms with Gasteiger partial charge in [0.1, 0.15) is 0 Å². The van der Waals surface area contributed by atoms with Crippen molar-refractivity contribution >= 4 is 18.1 Å². The number of carbonyl (C=O) groups is 1. The van der Waals surface area contributed by atoms with E-state index in [4.69, 9.17) is 0 Å². The van der Waals surface area contributed by atoms with Crippen LogP contribution in [-0.4, -0.2) is 24.2 Å². The Bertz CT molecular complexity index is 290. The summed E-state index contributed by atoms with van der Waals surface area (Å²) in [5.41, 5.74) is 0. The zero-order valence-electron chi connectivity index (χ0n) is 8.43. The SMILES string of the molecule is CCCCCC(N=C=O)C(=O)ON=C=O. The Morgan fingerprint density at radius 2 is 2.07 bits per heavy atom. The highest BCUT2D eigenvalue weighted by Crippen LogP contribution is 2.08. The molecule has 0 fully saturated rings. The normalized spacial score (nSPS) is 10.7. The third-order valence-electron chi connectivity index (χ3n) is 1.73. The largest absolute Gasteiger partial charge is 0.361 e. The summed E-state index contributed by atoms with van der Waals surface area (Å²) in [6.45, 7) is 2.01. The van der Waals surface area contributed by atoms with Crippen LogP contribution in [0.3, 0.4) is 0 Å². The zero-order valence-corrected chi connectivity index (χ0v) is 8.43. The molecule has 0 bridgehead atoms.